The number of fused-ring (bicyclic) bond motifs is 1. The van der Waals surface area contributed by atoms with Crippen LogP contribution in [-0.2, 0) is 14.3 Å². The van der Waals surface area contributed by atoms with Crippen LogP contribution in [0.15, 0.2) is 35.8 Å². The minimum atomic E-state index is -0.522. The van der Waals surface area contributed by atoms with Gasteiger partial charge < -0.3 is 19.5 Å². The molecule has 1 N–H and O–H groups in total. The molecule has 1 atom stereocenters. The summed E-state index contributed by atoms with van der Waals surface area (Å²) in [4.78, 5) is 17.0. The number of anilines is 1. The molecule has 1 unspecified atom stereocenters. The maximum Gasteiger partial charge on any atom is 0.338 e. The van der Waals surface area contributed by atoms with Gasteiger partial charge in [0.1, 0.15) is 24.7 Å². The van der Waals surface area contributed by atoms with E-state index in [1.807, 2.05) is 13.0 Å². The summed E-state index contributed by atoms with van der Waals surface area (Å²) in [6, 6.07) is 4.82. The van der Waals surface area contributed by atoms with Crippen LogP contribution in [0.5, 0.6) is 5.75 Å². The first-order valence-electron chi connectivity index (χ1n) is 8.52. The fourth-order valence-corrected chi connectivity index (χ4v) is 3.20. The molecule has 1 aliphatic rings. The van der Waals surface area contributed by atoms with E-state index in [-0.39, 0.29) is 6.61 Å². The Morgan fingerprint density at radius 3 is 2.89 bits per heavy atom. The molecule has 0 saturated heterocycles. The van der Waals surface area contributed by atoms with E-state index in [9.17, 15) is 4.79 Å². The molecule has 2 heterocycles. The van der Waals surface area contributed by atoms with Gasteiger partial charge in [-0.2, -0.15) is 10.1 Å². The molecule has 0 radical (unpaired) electrons. The molecule has 0 fully saturated rings. The van der Waals surface area contributed by atoms with Gasteiger partial charge in [-0.1, -0.05) is 17.7 Å². The van der Waals surface area contributed by atoms with Crippen molar-refractivity contribution in [1.29, 1.82) is 0 Å². The molecule has 0 saturated carbocycles. The zero-order chi connectivity index (χ0) is 19.4. The Hall–Kier alpha value is -2.58. The lowest BCUT2D eigenvalue weighted by molar-refractivity contribution is -0.141. The monoisotopic (exact) mass is 392 g/mol. The molecule has 1 aromatic heterocycles. The predicted molar refractivity (Wildman–Crippen MR) is 99.9 cm³/mol. The highest BCUT2D eigenvalue weighted by Gasteiger charge is 2.34. The van der Waals surface area contributed by atoms with E-state index < -0.39 is 12.0 Å². The first kappa shape index (κ1) is 19.2. The smallest absolute Gasteiger partial charge is 0.338 e. The van der Waals surface area contributed by atoms with E-state index >= 15 is 0 Å². The number of carbonyl (C=O) groups is 1. The number of halogens is 1. The number of esters is 1. The second-order valence-corrected chi connectivity index (χ2v) is 6.23. The Morgan fingerprint density at radius 1 is 1.37 bits per heavy atom. The molecular formula is C18H21ClN4O4. The molecule has 9 heteroatoms. The Kier molecular flexibility index (Phi) is 5.98. The van der Waals surface area contributed by atoms with Gasteiger partial charge in [0.2, 0.25) is 5.95 Å². The molecule has 1 aromatic carbocycles. The summed E-state index contributed by atoms with van der Waals surface area (Å²) < 4.78 is 17.5. The SMILES string of the molecule is CCOCCOC(=O)C1=C(C)Nc2ncnn2C1c1ccc(OC)c(Cl)c1. The van der Waals surface area contributed by atoms with Gasteiger partial charge in [0.15, 0.2) is 0 Å². The fourth-order valence-electron chi connectivity index (χ4n) is 2.93. The van der Waals surface area contributed by atoms with Crippen molar-refractivity contribution in [3.63, 3.8) is 0 Å². The number of rotatable bonds is 7. The summed E-state index contributed by atoms with van der Waals surface area (Å²) in [7, 11) is 1.55. The van der Waals surface area contributed by atoms with Gasteiger partial charge in [-0.05, 0) is 31.5 Å². The van der Waals surface area contributed by atoms with E-state index in [1.54, 1.807) is 30.8 Å². The van der Waals surface area contributed by atoms with Crippen LogP contribution < -0.4 is 10.1 Å². The van der Waals surface area contributed by atoms with Crippen molar-refractivity contribution in [2.24, 2.45) is 0 Å². The minimum Gasteiger partial charge on any atom is -0.495 e. The van der Waals surface area contributed by atoms with Crippen LogP contribution in [0.2, 0.25) is 5.02 Å². The third-order valence-corrected chi connectivity index (χ3v) is 4.47. The molecule has 27 heavy (non-hydrogen) atoms. The molecule has 0 spiro atoms. The van der Waals surface area contributed by atoms with Crippen LogP contribution in [-0.4, -0.2) is 47.7 Å². The Morgan fingerprint density at radius 2 is 2.19 bits per heavy atom. The van der Waals surface area contributed by atoms with Gasteiger partial charge in [-0.3, -0.25) is 0 Å². The van der Waals surface area contributed by atoms with Gasteiger partial charge >= 0.3 is 5.97 Å². The van der Waals surface area contributed by atoms with Gasteiger partial charge in [0.25, 0.3) is 0 Å². The fraction of sp³-hybridized carbons (Fsp3) is 0.389. The van der Waals surface area contributed by atoms with Crippen molar-refractivity contribution >= 4 is 23.5 Å². The number of nitrogens with one attached hydrogen (secondary N) is 1. The second kappa shape index (κ2) is 8.41. The summed E-state index contributed by atoms with van der Waals surface area (Å²) in [6.07, 6.45) is 1.43. The maximum absolute atomic E-state index is 12.8. The van der Waals surface area contributed by atoms with E-state index in [2.05, 4.69) is 15.4 Å². The average molecular weight is 393 g/mol. The number of benzene rings is 1. The second-order valence-electron chi connectivity index (χ2n) is 5.82. The van der Waals surface area contributed by atoms with Crippen LogP contribution in [0.1, 0.15) is 25.5 Å². The summed E-state index contributed by atoms with van der Waals surface area (Å²) in [6.45, 7) is 4.76. The highest BCUT2D eigenvalue weighted by atomic mass is 35.5. The zero-order valence-electron chi connectivity index (χ0n) is 15.4. The van der Waals surface area contributed by atoms with Crippen LogP contribution in [0.25, 0.3) is 0 Å². The lowest BCUT2D eigenvalue weighted by atomic mass is 9.95. The first-order valence-corrected chi connectivity index (χ1v) is 8.90. The molecule has 8 nitrogen and oxygen atoms in total. The van der Waals surface area contributed by atoms with E-state index in [0.717, 1.165) is 5.56 Å². The third kappa shape index (κ3) is 3.91. The number of nitrogens with zero attached hydrogens (tertiary/aromatic N) is 3. The maximum atomic E-state index is 12.8. The molecule has 144 valence electrons. The largest absolute Gasteiger partial charge is 0.495 e. The van der Waals surface area contributed by atoms with Crippen molar-refractivity contribution in [2.75, 3.05) is 32.2 Å². The number of ether oxygens (including phenoxy) is 3. The molecule has 0 amide bonds. The molecule has 3 rings (SSSR count). The van der Waals surface area contributed by atoms with Crippen LogP contribution in [0, 0.1) is 0 Å². The minimum absolute atomic E-state index is 0.170. The van der Waals surface area contributed by atoms with Gasteiger partial charge in [0.05, 0.1) is 24.3 Å². The number of hydrogen-bond donors (Lipinski definition) is 1. The van der Waals surface area contributed by atoms with E-state index in [0.29, 0.717) is 41.2 Å². The van der Waals surface area contributed by atoms with Crippen LogP contribution in [0.4, 0.5) is 5.95 Å². The predicted octanol–water partition coefficient (Wildman–Crippen LogP) is 2.81. The lowest BCUT2D eigenvalue weighted by Crippen LogP contribution is -2.30. The number of methoxy groups -OCH3 is 1. The zero-order valence-corrected chi connectivity index (χ0v) is 16.1. The summed E-state index contributed by atoms with van der Waals surface area (Å²) in [5.41, 5.74) is 1.85. The molecule has 0 bridgehead atoms. The number of allylic oxidation sites excluding steroid dienone is 1. The Balaban J connectivity index is 1.97. The van der Waals surface area contributed by atoms with Gasteiger partial charge in [-0.25, -0.2) is 9.48 Å². The normalized spacial score (nSPS) is 15.9. The van der Waals surface area contributed by atoms with Crippen LogP contribution in [0.3, 0.4) is 0 Å². The number of hydrogen-bond acceptors (Lipinski definition) is 7. The Bertz CT molecular complexity index is 865. The standard InChI is InChI=1S/C18H21ClN4O4/c1-4-26-7-8-27-17(24)15-11(2)22-18-20-10-21-23(18)16(15)12-5-6-14(25-3)13(19)9-12/h5-6,9-10,16H,4,7-8H2,1-3H3,(H,20,21,22). The van der Waals surface area contributed by atoms with Crippen molar-refractivity contribution in [3.05, 3.63) is 46.4 Å². The van der Waals surface area contributed by atoms with E-state index in [1.165, 1.54) is 6.33 Å². The number of aromatic nitrogens is 3. The first-order chi connectivity index (χ1) is 13.1. The van der Waals surface area contributed by atoms with Crippen molar-refractivity contribution < 1.29 is 19.0 Å². The molecule has 2 aromatic rings. The van der Waals surface area contributed by atoms with Crippen molar-refractivity contribution in [3.8, 4) is 5.75 Å². The Labute approximate surface area is 162 Å². The number of carbonyl (C=O) groups excluding carboxylic acids is 1. The summed E-state index contributed by atoms with van der Waals surface area (Å²) >= 11 is 6.30. The quantitative estimate of drug-likeness (QED) is 0.572. The highest BCUT2D eigenvalue weighted by Crippen LogP contribution is 2.37. The summed E-state index contributed by atoms with van der Waals surface area (Å²) in [5.74, 6) is 0.641. The van der Waals surface area contributed by atoms with Crippen molar-refractivity contribution in [2.45, 2.75) is 19.9 Å². The van der Waals surface area contributed by atoms with Crippen molar-refractivity contribution in [1.82, 2.24) is 14.8 Å². The molecule has 1 aliphatic heterocycles. The topological polar surface area (TPSA) is 87.5 Å². The highest BCUT2D eigenvalue weighted by molar-refractivity contribution is 6.32. The van der Waals surface area contributed by atoms with Gasteiger partial charge in [0, 0.05) is 12.3 Å². The molecule has 0 aliphatic carbocycles. The molecular weight excluding hydrogens is 372 g/mol. The lowest BCUT2D eigenvalue weighted by Gasteiger charge is -2.28. The van der Waals surface area contributed by atoms with Crippen LogP contribution >= 0.6 is 11.6 Å². The third-order valence-electron chi connectivity index (χ3n) is 4.17. The van der Waals surface area contributed by atoms with E-state index in [4.69, 9.17) is 25.8 Å². The van der Waals surface area contributed by atoms with Gasteiger partial charge in [-0.15, -0.1) is 0 Å². The summed E-state index contributed by atoms with van der Waals surface area (Å²) in [5, 5.41) is 7.80. The average Bonchev–Trinajstić information content (AvgIpc) is 3.11.